The lowest BCUT2D eigenvalue weighted by Gasteiger charge is -2.11. The zero-order valence-electron chi connectivity index (χ0n) is 11.5. The Bertz CT molecular complexity index is 589. The predicted molar refractivity (Wildman–Crippen MR) is 77.5 cm³/mol. The molecule has 0 radical (unpaired) electrons. The van der Waals surface area contributed by atoms with Crippen molar-refractivity contribution in [2.45, 2.75) is 24.5 Å². The number of benzene rings is 1. The van der Waals surface area contributed by atoms with Crippen LogP contribution in [0.4, 0.5) is 0 Å². The first-order valence-corrected chi connectivity index (χ1v) is 10.6. The fraction of sp³-hybridized carbons (Fsp3) is 0.385. The first kappa shape index (κ1) is 15.0. The molecule has 0 bridgehead atoms. The number of nitrogens with zero attached hydrogens (tertiary/aromatic N) is 1. The van der Waals surface area contributed by atoms with E-state index in [4.69, 9.17) is 0 Å². The van der Waals surface area contributed by atoms with Gasteiger partial charge < -0.3 is 0 Å². The van der Waals surface area contributed by atoms with Crippen molar-refractivity contribution >= 4 is 18.1 Å². The van der Waals surface area contributed by atoms with E-state index >= 15 is 0 Å². The summed E-state index contributed by atoms with van der Waals surface area (Å²) in [6.45, 7) is 6.46. The molecule has 0 aliphatic carbocycles. The van der Waals surface area contributed by atoms with E-state index in [1.807, 2.05) is 6.07 Å². The molecule has 3 nitrogen and oxygen atoms in total. The average Bonchev–Trinajstić information content (AvgIpc) is 2.25. The van der Waals surface area contributed by atoms with Crippen LogP contribution in [0.25, 0.3) is 0 Å². The summed E-state index contributed by atoms with van der Waals surface area (Å²) in [6.07, 6.45) is 0. The lowest BCUT2D eigenvalue weighted by Crippen LogP contribution is -2.22. The van der Waals surface area contributed by atoms with Crippen molar-refractivity contribution < 1.29 is 8.42 Å². The van der Waals surface area contributed by atoms with Crippen LogP contribution in [0.3, 0.4) is 0 Å². The summed E-state index contributed by atoms with van der Waals surface area (Å²) in [5.74, 6) is 3.06. The zero-order valence-corrected chi connectivity index (χ0v) is 13.3. The Morgan fingerprint density at radius 2 is 1.78 bits per heavy atom. The second-order valence-electron chi connectivity index (χ2n) is 5.32. The maximum Gasteiger partial charge on any atom is 0.242 e. The summed E-state index contributed by atoms with van der Waals surface area (Å²) >= 11 is 0. The van der Waals surface area contributed by atoms with Crippen molar-refractivity contribution in [1.29, 1.82) is 0 Å². The van der Waals surface area contributed by atoms with E-state index in [2.05, 4.69) is 31.1 Å². The Kier molecular flexibility index (Phi) is 4.38. The molecule has 0 spiro atoms. The lowest BCUT2D eigenvalue weighted by atomic mass is 10.2. The van der Waals surface area contributed by atoms with Crippen LogP contribution in [-0.4, -0.2) is 34.9 Å². The van der Waals surface area contributed by atoms with Gasteiger partial charge in [0.1, 0.15) is 8.07 Å². The van der Waals surface area contributed by atoms with Crippen molar-refractivity contribution in [3.05, 3.63) is 29.8 Å². The third-order valence-electron chi connectivity index (χ3n) is 2.19. The molecule has 0 aliphatic rings. The van der Waals surface area contributed by atoms with Crippen LogP contribution >= 0.6 is 0 Å². The van der Waals surface area contributed by atoms with Gasteiger partial charge in [0.2, 0.25) is 10.0 Å². The van der Waals surface area contributed by atoms with Crippen LogP contribution < -0.4 is 0 Å². The van der Waals surface area contributed by atoms with E-state index in [-0.39, 0.29) is 4.90 Å². The molecule has 0 saturated heterocycles. The van der Waals surface area contributed by atoms with Crippen LogP contribution in [0.15, 0.2) is 29.2 Å². The van der Waals surface area contributed by atoms with Crippen molar-refractivity contribution in [1.82, 2.24) is 4.31 Å². The Labute approximate surface area is 111 Å². The number of sulfonamides is 1. The minimum Gasteiger partial charge on any atom is -0.207 e. The summed E-state index contributed by atoms with van der Waals surface area (Å²) in [5, 5.41) is 0. The number of rotatable bonds is 2. The van der Waals surface area contributed by atoms with Crippen LogP contribution in [-0.2, 0) is 10.0 Å². The molecule has 0 atom stereocenters. The van der Waals surface area contributed by atoms with E-state index in [1.165, 1.54) is 18.4 Å². The van der Waals surface area contributed by atoms with Crippen molar-refractivity contribution in [3.8, 4) is 11.5 Å². The predicted octanol–water partition coefficient (Wildman–Crippen LogP) is 2.17. The number of hydrogen-bond donors (Lipinski definition) is 0. The van der Waals surface area contributed by atoms with Gasteiger partial charge in [0.15, 0.2) is 0 Å². The first-order valence-electron chi connectivity index (χ1n) is 5.69. The van der Waals surface area contributed by atoms with Gasteiger partial charge in [-0.2, -0.15) is 0 Å². The third-order valence-corrected chi connectivity index (χ3v) is 4.88. The fourth-order valence-electron chi connectivity index (χ4n) is 1.20. The molecule has 0 aliphatic heterocycles. The van der Waals surface area contributed by atoms with E-state index in [1.54, 1.807) is 18.2 Å². The van der Waals surface area contributed by atoms with Gasteiger partial charge in [-0.25, -0.2) is 12.7 Å². The van der Waals surface area contributed by atoms with Gasteiger partial charge in [-0.15, -0.1) is 5.54 Å². The molecule has 1 aromatic rings. The molecular weight excluding hydrogens is 262 g/mol. The SMILES string of the molecule is CN(C)S(=O)(=O)c1cccc(C#C[Si](C)(C)C)c1. The van der Waals surface area contributed by atoms with E-state index in [0.717, 1.165) is 5.56 Å². The summed E-state index contributed by atoms with van der Waals surface area (Å²) in [7, 11) is -1.78. The molecule has 0 N–H and O–H groups in total. The van der Waals surface area contributed by atoms with Crippen LogP contribution in [0.5, 0.6) is 0 Å². The highest BCUT2D eigenvalue weighted by molar-refractivity contribution is 7.89. The first-order chi connectivity index (χ1) is 8.13. The molecule has 1 rings (SSSR count). The molecular formula is C13H19NO2SSi. The largest absolute Gasteiger partial charge is 0.242 e. The van der Waals surface area contributed by atoms with Gasteiger partial charge in [-0.05, 0) is 18.2 Å². The second-order valence-corrected chi connectivity index (χ2v) is 12.2. The quantitative estimate of drug-likeness (QED) is 0.615. The monoisotopic (exact) mass is 281 g/mol. The van der Waals surface area contributed by atoms with Gasteiger partial charge >= 0.3 is 0 Å². The standard InChI is InChI=1S/C13H19NO2SSi/c1-14(2)17(15,16)13-8-6-7-12(11-13)9-10-18(3,4)5/h6-8,11H,1-5H3. The molecule has 5 heteroatoms. The summed E-state index contributed by atoms with van der Waals surface area (Å²) < 4.78 is 25.1. The number of hydrogen-bond acceptors (Lipinski definition) is 2. The highest BCUT2D eigenvalue weighted by atomic mass is 32.2. The normalized spacial score (nSPS) is 12.1. The van der Waals surface area contributed by atoms with E-state index in [0.29, 0.717) is 0 Å². The molecule has 0 heterocycles. The molecule has 0 aromatic heterocycles. The molecule has 98 valence electrons. The average molecular weight is 281 g/mol. The topological polar surface area (TPSA) is 37.4 Å². The van der Waals surface area contributed by atoms with E-state index < -0.39 is 18.1 Å². The van der Waals surface area contributed by atoms with Gasteiger partial charge in [0, 0.05) is 19.7 Å². The van der Waals surface area contributed by atoms with Gasteiger partial charge in [-0.1, -0.05) is 31.6 Å². The van der Waals surface area contributed by atoms with Gasteiger partial charge in [0.05, 0.1) is 4.90 Å². The maximum atomic E-state index is 12.0. The Morgan fingerprint density at radius 3 is 2.28 bits per heavy atom. The Morgan fingerprint density at radius 1 is 1.17 bits per heavy atom. The Balaban J connectivity index is 3.19. The van der Waals surface area contributed by atoms with Crippen molar-refractivity contribution in [3.63, 3.8) is 0 Å². The van der Waals surface area contributed by atoms with Crippen LogP contribution in [0, 0.1) is 11.5 Å². The summed E-state index contributed by atoms with van der Waals surface area (Å²) in [4.78, 5) is 0.287. The van der Waals surface area contributed by atoms with Crippen molar-refractivity contribution in [2.75, 3.05) is 14.1 Å². The molecule has 0 unspecified atom stereocenters. The second kappa shape index (κ2) is 5.27. The minimum atomic E-state index is -3.38. The van der Waals surface area contributed by atoms with Crippen LogP contribution in [0.1, 0.15) is 5.56 Å². The molecule has 0 amide bonds. The summed E-state index contributed by atoms with van der Waals surface area (Å²) in [5.41, 5.74) is 3.98. The van der Waals surface area contributed by atoms with Crippen LogP contribution in [0.2, 0.25) is 19.6 Å². The molecule has 0 fully saturated rings. The fourth-order valence-corrected chi connectivity index (χ4v) is 2.67. The Hall–Kier alpha value is -1.09. The van der Waals surface area contributed by atoms with Gasteiger partial charge in [-0.3, -0.25) is 0 Å². The smallest absolute Gasteiger partial charge is 0.207 e. The van der Waals surface area contributed by atoms with E-state index in [9.17, 15) is 8.42 Å². The van der Waals surface area contributed by atoms with Crippen molar-refractivity contribution in [2.24, 2.45) is 0 Å². The molecule has 0 saturated carbocycles. The third kappa shape index (κ3) is 3.98. The maximum absolute atomic E-state index is 12.0. The highest BCUT2D eigenvalue weighted by Crippen LogP contribution is 2.14. The van der Waals surface area contributed by atoms with Gasteiger partial charge in [0.25, 0.3) is 0 Å². The molecule has 1 aromatic carbocycles. The molecule has 18 heavy (non-hydrogen) atoms. The minimum absolute atomic E-state index is 0.287. The lowest BCUT2D eigenvalue weighted by molar-refractivity contribution is 0.520. The highest BCUT2D eigenvalue weighted by Gasteiger charge is 2.16. The summed E-state index contributed by atoms with van der Waals surface area (Å²) in [6, 6.07) is 6.78. The zero-order chi connectivity index (χ0) is 14.0.